The van der Waals surface area contributed by atoms with Crippen LogP contribution in [-0.4, -0.2) is 27.8 Å². The van der Waals surface area contributed by atoms with Crippen molar-refractivity contribution < 1.29 is 9.90 Å². The second-order valence-electron chi connectivity index (χ2n) is 4.44. The normalized spacial score (nSPS) is 12.1. The Morgan fingerprint density at radius 2 is 2.15 bits per heavy atom. The molecule has 0 aliphatic rings. The summed E-state index contributed by atoms with van der Waals surface area (Å²) in [5.41, 5.74) is 7.93. The molecule has 2 rings (SSSR count). The fourth-order valence-electron chi connectivity index (χ4n) is 1.98. The number of aromatic amines is 1. The number of hydrogen-bond donors (Lipinski definition) is 4. The van der Waals surface area contributed by atoms with Crippen LogP contribution in [0.15, 0.2) is 30.3 Å². The topological polar surface area (TPSA) is 104 Å². The average molecular weight is 274 g/mol. The number of aryl methyl sites for hydroxylation is 1. The highest BCUT2D eigenvalue weighted by Gasteiger charge is 2.20. The van der Waals surface area contributed by atoms with Crippen LogP contribution < -0.4 is 11.1 Å². The number of hydrogen-bond acceptors (Lipinski definition) is 4. The number of anilines is 1. The number of H-pyrrole nitrogens is 1. The summed E-state index contributed by atoms with van der Waals surface area (Å²) in [6, 6.07) is 8.77. The standard InChI is InChI=1S/C14H18N4O2/c1-2-10-12(15)13(18-17-10)14(20)16-11(8-19)9-6-4-3-5-7-9/h3-7,11,19H,2,8,15H2,1H3,(H,16,20)(H,17,18)/t11-/m0/s1. The number of nitrogens with one attached hydrogen (secondary N) is 2. The molecule has 0 bridgehead atoms. The highest BCUT2D eigenvalue weighted by atomic mass is 16.3. The molecule has 5 N–H and O–H groups in total. The van der Waals surface area contributed by atoms with Crippen molar-refractivity contribution >= 4 is 11.6 Å². The van der Waals surface area contributed by atoms with E-state index in [0.717, 1.165) is 11.3 Å². The lowest BCUT2D eigenvalue weighted by Crippen LogP contribution is -2.31. The van der Waals surface area contributed by atoms with E-state index >= 15 is 0 Å². The maximum Gasteiger partial charge on any atom is 0.274 e. The Bertz CT molecular complexity index is 580. The van der Waals surface area contributed by atoms with E-state index < -0.39 is 11.9 Å². The predicted octanol–water partition coefficient (Wildman–Crippen LogP) is 1.02. The van der Waals surface area contributed by atoms with Gasteiger partial charge in [-0.3, -0.25) is 9.89 Å². The summed E-state index contributed by atoms with van der Waals surface area (Å²) in [5, 5.41) is 18.8. The fraction of sp³-hybridized carbons (Fsp3) is 0.286. The maximum atomic E-state index is 12.2. The summed E-state index contributed by atoms with van der Waals surface area (Å²) in [5.74, 6) is -0.402. The van der Waals surface area contributed by atoms with Crippen LogP contribution in [0.3, 0.4) is 0 Å². The van der Waals surface area contributed by atoms with Gasteiger partial charge in [0.05, 0.1) is 24.0 Å². The van der Waals surface area contributed by atoms with E-state index in [0.29, 0.717) is 12.1 Å². The van der Waals surface area contributed by atoms with Gasteiger partial charge in [0, 0.05) is 0 Å². The SMILES string of the molecule is CCc1[nH]nc(C(=O)N[C@@H](CO)c2ccccc2)c1N. The van der Waals surface area contributed by atoms with Crippen LogP contribution in [0.2, 0.25) is 0 Å². The summed E-state index contributed by atoms with van der Waals surface area (Å²) in [4.78, 5) is 12.2. The Kier molecular flexibility index (Phi) is 4.37. The zero-order valence-corrected chi connectivity index (χ0v) is 11.3. The zero-order chi connectivity index (χ0) is 14.5. The quantitative estimate of drug-likeness (QED) is 0.653. The van der Waals surface area contributed by atoms with Gasteiger partial charge in [-0.2, -0.15) is 5.10 Å². The molecular weight excluding hydrogens is 256 g/mol. The number of nitrogens with zero attached hydrogens (tertiary/aromatic N) is 1. The molecule has 0 saturated carbocycles. The second-order valence-corrected chi connectivity index (χ2v) is 4.44. The van der Waals surface area contributed by atoms with Crippen LogP contribution in [0.5, 0.6) is 0 Å². The van der Waals surface area contributed by atoms with Gasteiger partial charge in [-0.05, 0) is 12.0 Å². The number of aliphatic hydroxyl groups is 1. The van der Waals surface area contributed by atoms with Crippen molar-refractivity contribution in [2.24, 2.45) is 0 Å². The van der Waals surface area contributed by atoms with Crippen LogP contribution in [0.1, 0.15) is 34.7 Å². The van der Waals surface area contributed by atoms with Gasteiger partial charge >= 0.3 is 0 Å². The molecule has 0 radical (unpaired) electrons. The lowest BCUT2D eigenvalue weighted by Gasteiger charge is -2.16. The maximum absolute atomic E-state index is 12.2. The third-order valence-electron chi connectivity index (χ3n) is 3.14. The molecule has 0 spiro atoms. The van der Waals surface area contributed by atoms with Crippen molar-refractivity contribution in [2.45, 2.75) is 19.4 Å². The Labute approximate surface area is 117 Å². The molecule has 6 heteroatoms. The summed E-state index contributed by atoms with van der Waals surface area (Å²) in [7, 11) is 0. The molecule has 0 saturated heterocycles. The number of benzene rings is 1. The molecule has 6 nitrogen and oxygen atoms in total. The molecule has 0 fully saturated rings. The van der Waals surface area contributed by atoms with Gasteiger partial charge in [0.25, 0.3) is 5.91 Å². The minimum atomic E-state index is -0.482. The fourth-order valence-corrected chi connectivity index (χ4v) is 1.98. The Morgan fingerprint density at radius 3 is 2.70 bits per heavy atom. The van der Waals surface area contributed by atoms with Crippen molar-refractivity contribution in [3.8, 4) is 0 Å². The molecule has 0 aliphatic carbocycles. The van der Waals surface area contributed by atoms with Crippen LogP contribution in [-0.2, 0) is 6.42 Å². The van der Waals surface area contributed by atoms with Crippen LogP contribution in [0.4, 0.5) is 5.69 Å². The van der Waals surface area contributed by atoms with Crippen molar-refractivity contribution in [3.63, 3.8) is 0 Å². The number of aliphatic hydroxyl groups excluding tert-OH is 1. The van der Waals surface area contributed by atoms with Crippen LogP contribution >= 0.6 is 0 Å². The Balaban J connectivity index is 2.15. The van der Waals surface area contributed by atoms with Gasteiger partial charge in [0.2, 0.25) is 0 Å². The number of carbonyl (C=O) groups excluding carboxylic acids is 1. The van der Waals surface area contributed by atoms with Crippen molar-refractivity contribution in [3.05, 3.63) is 47.3 Å². The van der Waals surface area contributed by atoms with E-state index in [1.54, 1.807) is 0 Å². The number of amides is 1. The number of carbonyl (C=O) groups is 1. The molecule has 2 aromatic rings. The number of nitrogen functional groups attached to an aromatic ring is 1. The molecule has 0 unspecified atom stereocenters. The number of aromatic nitrogens is 2. The van der Waals surface area contributed by atoms with Crippen molar-refractivity contribution in [1.82, 2.24) is 15.5 Å². The Morgan fingerprint density at radius 1 is 1.45 bits per heavy atom. The molecular formula is C14H18N4O2. The van der Waals surface area contributed by atoms with E-state index in [9.17, 15) is 9.90 Å². The third-order valence-corrected chi connectivity index (χ3v) is 3.14. The van der Waals surface area contributed by atoms with Crippen molar-refractivity contribution in [2.75, 3.05) is 12.3 Å². The Hall–Kier alpha value is -2.34. The van der Waals surface area contributed by atoms with E-state index in [-0.39, 0.29) is 12.3 Å². The number of rotatable bonds is 5. The molecule has 106 valence electrons. The summed E-state index contributed by atoms with van der Waals surface area (Å²) >= 11 is 0. The first-order valence-electron chi connectivity index (χ1n) is 6.46. The van der Waals surface area contributed by atoms with Crippen LogP contribution in [0, 0.1) is 0 Å². The monoisotopic (exact) mass is 274 g/mol. The first-order valence-corrected chi connectivity index (χ1v) is 6.46. The van der Waals surface area contributed by atoms with Crippen LogP contribution in [0.25, 0.3) is 0 Å². The first kappa shape index (κ1) is 14.1. The molecule has 1 aromatic heterocycles. The second kappa shape index (κ2) is 6.21. The minimum Gasteiger partial charge on any atom is -0.395 e. The van der Waals surface area contributed by atoms with E-state index in [4.69, 9.17) is 5.73 Å². The summed E-state index contributed by atoms with van der Waals surface area (Å²) < 4.78 is 0. The van der Waals surface area contributed by atoms with Gasteiger partial charge in [0.1, 0.15) is 0 Å². The summed E-state index contributed by atoms with van der Waals surface area (Å²) in [6.45, 7) is 1.73. The van der Waals surface area contributed by atoms with Gasteiger partial charge < -0.3 is 16.2 Å². The average Bonchev–Trinajstić information content (AvgIpc) is 2.86. The van der Waals surface area contributed by atoms with E-state index in [1.807, 2.05) is 37.3 Å². The third kappa shape index (κ3) is 2.80. The van der Waals surface area contributed by atoms with E-state index in [1.165, 1.54) is 0 Å². The molecule has 20 heavy (non-hydrogen) atoms. The smallest absolute Gasteiger partial charge is 0.274 e. The highest BCUT2D eigenvalue weighted by molar-refractivity contribution is 5.97. The van der Waals surface area contributed by atoms with Crippen molar-refractivity contribution in [1.29, 1.82) is 0 Å². The molecule has 0 aliphatic heterocycles. The van der Waals surface area contributed by atoms with Gasteiger partial charge in [-0.15, -0.1) is 0 Å². The largest absolute Gasteiger partial charge is 0.395 e. The van der Waals surface area contributed by atoms with E-state index in [2.05, 4.69) is 15.5 Å². The molecule has 1 amide bonds. The van der Waals surface area contributed by atoms with Gasteiger partial charge in [-0.25, -0.2) is 0 Å². The highest BCUT2D eigenvalue weighted by Crippen LogP contribution is 2.17. The van der Waals surface area contributed by atoms with Gasteiger partial charge in [-0.1, -0.05) is 37.3 Å². The number of nitrogens with two attached hydrogens (primary N) is 1. The lowest BCUT2D eigenvalue weighted by molar-refractivity contribution is 0.0912. The van der Waals surface area contributed by atoms with Gasteiger partial charge in [0.15, 0.2) is 5.69 Å². The zero-order valence-electron chi connectivity index (χ0n) is 11.3. The summed E-state index contributed by atoms with van der Waals surface area (Å²) in [6.07, 6.45) is 0.675. The predicted molar refractivity (Wildman–Crippen MR) is 76.1 cm³/mol. The minimum absolute atomic E-state index is 0.163. The lowest BCUT2D eigenvalue weighted by atomic mass is 10.1. The molecule has 1 heterocycles. The first-order chi connectivity index (χ1) is 9.67. The molecule has 1 aromatic carbocycles. The molecule has 1 atom stereocenters.